The number of nitro benzene ring substituents is 1. The van der Waals surface area contributed by atoms with Crippen LogP contribution in [0, 0.1) is 10.1 Å². The molecule has 1 aliphatic rings. The minimum absolute atomic E-state index is 0.0666. The van der Waals surface area contributed by atoms with Crippen LogP contribution in [-0.2, 0) is 0 Å². The Balaban J connectivity index is 1.72. The van der Waals surface area contributed by atoms with Crippen LogP contribution in [0.2, 0.25) is 5.02 Å². The van der Waals surface area contributed by atoms with Gasteiger partial charge in [0.1, 0.15) is 11.6 Å². The third kappa shape index (κ3) is 3.72. The molecule has 0 aromatic heterocycles. The average Bonchev–Trinajstić information content (AvgIpc) is 2.65. The van der Waals surface area contributed by atoms with Gasteiger partial charge in [-0.05, 0) is 31.2 Å². The molecule has 136 valence electrons. The number of carbonyl (C=O) groups is 1. The third-order valence-electron chi connectivity index (χ3n) is 4.05. The molecule has 2 aromatic rings. The van der Waals surface area contributed by atoms with E-state index in [0.717, 1.165) is 0 Å². The standard InChI is InChI=1S/C18H17ClN2O5/c1-2-20(10-13-11-25-16-5-3-4-6-17(16)26-13)18(22)12-7-8-15(21(23)24)14(19)9-12/h3-9,13H,2,10-11H2,1H3/t13-/m1/s1. The summed E-state index contributed by atoms with van der Waals surface area (Å²) in [5.74, 6) is 1.05. The summed E-state index contributed by atoms with van der Waals surface area (Å²) in [4.78, 5) is 24.6. The normalized spacial score (nSPS) is 15.4. The van der Waals surface area contributed by atoms with Crippen LogP contribution in [0.5, 0.6) is 11.5 Å². The molecule has 0 bridgehead atoms. The van der Waals surface area contributed by atoms with Gasteiger partial charge in [-0.15, -0.1) is 0 Å². The van der Waals surface area contributed by atoms with Crippen LogP contribution in [0.25, 0.3) is 0 Å². The van der Waals surface area contributed by atoms with Crippen LogP contribution < -0.4 is 9.47 Å². The highest BCUT2D eigenvalue weighted by Gasteiger charge is 2.26. The lowest BCUT2D eigenvalue weighted by atomic mass is 10.1. The fraction of sp³-hybridized carbons (Fsp3) is 0.278. The number of para-hydroxylation sites is 2. The maximum absolute atomic E-state index is 12.7. The van der Waals surface area contributed by atoms with Gasteiger partial charge in [-0.1, -0.05) is 23.7 Å². The topological polar surface area (TPSA) is 81.9 Å². The van der Waals surface area contributed by atoms with Crippen LogP contribution in [0.15, 0.2) is 42.5 Å². The van der Waals surface area contributed by atoms with Crippen LogP contribution >= 0.6 is 11.6 Å². The van der Waals surface area contributed by atoms with Gasteiger partial charge in [0.15, 0.2) is 17.6 Å². The molecule has 0 spiro atoms. The summed E-state index contributed by atoms with van der Waals surface area (Å²) in [5, 5.41) is 10.8. The van der Waals surface area contributed by atoms with Crippen molar-refractivity contribution in [1.82, 2.24) is 4.90 Å². The smallest absolute Gasteiger partial charge is 0.287 e. The molecular weight excluding hydrogens is 360 g/mol. The van der Waals surface area contributed by atoms with E-state index in [1.54, 1.807) is 4.90 Å². The van der Waals surface area contributed by atoms with E-state index in [1.807, 2.05) is 31.2 Å². The second-order valence-corrected chi connectivity index (χ2v) is 6.17. The Bertz CT molecular complexity index is 842. The minimum Gasteiger partial charge on any atom is -0.486 e. The van der Waals surface area contributed by atoms with Crippen LogP contribution in [-0.4, -0.2) is 41.5 Å². The summed E-state index contributed by atoms with van der Waals surface area (Å²) in [5.41, 5.74) is 0.0615. The molecule has 1 heterocycles. The zero-order valence-corrected chi connectivity index (χ0v) is 14.8. The van der Waals surface area contributed by atoms with E-state index < -0.39 is 4.92 Å². The van der Waals surface area contributed by atoms with Crippen molar-refractivity contribution < 1.29 is 19.2 Å². The van der Waals surface area contributed by atoms with Crippen LogP contribution in [0.3, 0.4) is 0 Å². The van der Waals surface area contributed by atoms with Gasteiger partial charge in [-0.2, -0.15) is 0 Å². The molecule has 3 rings (SSSR count). The number of ether oxygens (including phenoxy) is 2. The van der Waals surface area contributed by atoms with E-state index in [2.05, 4.69) is 0 Å². The number of benzene rings is 2. The van der Waals surface area contributed by atoms with Crippen molar-refractivity contribution in [2.75, 3.05) is 19.7 Å². The number of fused-ring (bicyclic) bond motifs is 1. The SMILES string of the molecule is CCN(C[C@@H]1COc2ccccc2O1)C(=O)c1ccc([N+](=O)[O-])c(Cl)c1. The lowest BCUT2D eigenvalue weighted by molar-refractivity contribution is -0.384. The number of nitrogens with zero attached hydrogens (tertiary/aromatic N) is 2. The molecule has 0 unspecified atom stereocenters. The molecule has 0 saturated carbocycles. The van der Waals surface area contributed by atoms with Gasteiger partial charge in [0.05, 0.1) is 11.5 Å². The Morgan fingerprint density at radius 3 is 2.69 bits per heavy atom. The van der Waals surface area contributed by atoms with Crippen molar-refractivity contribution in [3.05, 3.63) is 63.2 Å². The number of likely N-dealkylation sites (N-methyl/N-ethyl adjacent to an activating group) is 1. The zero-order valence-electron chi connectivity index (χ0n) is 14.1. The van der Waals surface area contributed by atoms with Gasteiger partial charge >= 0.3 is 0 Å². The van der Waals surface area contributed by atoms with Crippen molar-refractivity contribution in [3.63, 3.8) is 0 Å². The molecule has 0 saturated heterocycles. The van der Waals surface area contributed by atoms with Crippen molar-refractivity contribution in [3.8, 4) is 11.5 Å². The molecule has 26 heavy (non-hydrogen) atoms. The summed E-state index contributed by atoms with van der Waals surface area (Å²) in [6.45, 7) is 2.97. The van der Waals surface area contributed by atoms with E-state index in [-0.39, 0.29) is 22.7 Å². The van der Waals surface area contributed by atoms with Gasteiger partial charge in [-0.3, -0.25) is 14.9 Å². The highest BCUT2D eigenvalue weighted by Crippen LogP contribution is 2.31. The summed E-state index contributed by atoms with van der Waals surface area (Å²) in [6, 6.07) is 11.3. The Morgan fingerprint density at radius 2 is 2.04 bits per heavy atom. The first kappa shape index (κ1) is 18.0. The van der Waals surface area contributed by atoms with Gasteiger partial charge < -0.3 is 14.4 Å². The highest BCUT2D eigenvalue weighted by atomic mass is 35.5. The number of hydrogen-bond donors (Lipinski definition) is 0. The van der Waals surface area contributed by atoms with Gasteiger partial charge in [0.25, 0.3) is 11.6 Å². The van der Waals surface area contributed by atoms with Crippen LogP contribution in [0.1, 0.15) is 17.3 Å². The summed E-state index contributed by atoms with van der Waals surface area (Å²) >= 11 is 5.91. The molecule has 8 heteroatoms. The van der Waals surface area contributed by atoms with Crippen molar-refractivity contribution in [1.29, 1.82) is 0 Å². The monoisotopic (exact) mass is 376 g/mol. The highest BCUT2D eigenvalue weighted by molar-refractivity contribution is 6.33. The number of hydrogen-bond acceptors (Lipinski definition) is 5. The molecule has 2 aromatic carbocycles. The van der Waals surface area contributed by atoms with E-state index in [4.69, 9.17) is 21.1 Å². The molecule has 1 amide bonds. The molecule has 0 aliphatic carbocycles. The van der Waals surface area contributed by atoms with E-state index in [0.29, 0.717) is 36.8 Å². The van der Waals surface area contributed by atoms with E-state index >= 15 is 0 Å². The summed E-state index contributed by atoms with van der Waals surface area (Å²) < 4.78 is 11.6. The van der Waals surface area contributed by atoms with Crippen molar-refractivity contribution in [2.45, 2.75) is 13.0 Å². The second-order valence-electron chi connectivity index (χ2n) is 5.76. The number of rotatable bonds is 5. The summed E-state index contributed by atoms with van der Waals surface area (Å²) in [7, 11) is 0. The fourth-order valence-electron chi connectivity index (χ4n) is 2.73. The maximum atomic E-state index is 12.7. The number of amides is 1. The maximum Gasteiger partial charge on any atom is 0.287 e. The lowest BCUT2D eigenvalue weighted by Gasteiger charge is -2.31. The first-order valence-corrected chi connectivity index (χ1v) is 8.49. The lowest BCUT2D eigenvalue weighted by Crippen LogP contribution is -2.43. The number of carbonyl (C=O) groups excluding carboxylic acids is 1. The summed E-state index contributed by atoms with van der Waals surface area (Å²) in [6.07, 6.45) is -0.303. The Kier molecular flexibility index (Phi) is 5.27. The Labute approximate surface area is 155 Å². The Morgan fingerprint density at radius 1 is 1.31 bits per heavy atom. The first-order valence-electron chi connectivity index (χ1n) is 8.11. The quantitative estimate of drug-likeness (QED) is 0.588. The second kappa shape index (κ2) is 7.61. The van der Waals surface area contributed by atoms with Gasteiger partial charge in [0.2, 0.25) is 0 Å². The van der Waals surface area contributed by atoms with E-state index in [9.17, 15) is 14.9 Å². The molecule has 1 atom stereocenters. The predicted octanol–water partition coefficient (Wildman–Crippen LogP) is 3.55. The number of halogens is 1. The molecular formula is C18H17ClN2O5. The third-order valence-corrected chi connectivity index (χ3v) is 4.35. The molecule has 0 fully saturated rings. The van der Waals surface area contributed by atoms with E-state index in [1.165, 1.54) is 18.2 Å². The van der Waals surface area contributed by atoms with Crippen LogP contribution in [0.4, 0.5) is 5.69 Å². The zero-order chi connectivity index (χ0) is 18.7. The Hall–Kier alpha value is -2.80. The molecule has 7 nitrogen and oxygen atoms in total. The molecule has 1 aliphatic heterocycles. The van der Waals surface area contributed by atoms with Gasteiger partial charge in [-0.25, -0.2) is 0 Å². The van der Waals surface area contributed by atoms with Crippen molar-refractivity contribution in [2.24, 2.45) is 0 Å². The fourth-order valence-corrected chi connectivity index (χ4v) is 2.97. The largest absolute Gasteiger partial charge is 0.486 e. The van der Waals surface area contributed by atoms with Crippen molar-refractivity contribution >= 4 is 23.2 Å². The predicted molar refractivity (Wildman–Crippen MR) is 96.0 cm³/mol. The average molecular weight is 377 g/mol. The van der Waals surface area contributed by atoms with Gasteiger partial charge in [0, 0.05) is 18.2 Å². The number of nitro groups is 1. The first-order chi connectivity index (χ1) is 12.5. The molecule has 0 N–H and O–H groups in total. The molecule has 0 radical (unpaired) electrons. The minimum atomic E-state index is -0.584.